The van der Waals surface area contributed by atoms with Gasteiger partial charge in [0.15, 0.2) is 0 Å². The van der Waals surface area contributed by atoms with Gasteiger partial charge >= 0.3 is 0 Å². The summed E-state index contributed by atoms with van der Waals surface area (Å²) in [6.45, 7) is 5.64. The molecular weight excluding hydrogens is 226 g/mol. The summed E-state index contributed by atoms with van der Waals surface area (Å²) in [5.74, 6) is -0.174. The molecule has 0 aliphatic carbocycles. The number of rotatable bonds is 2. The molecule has 1 heterocycles. The molecule has 0 aliphatic heterocycles. The second kappa shape index (κ2) is 4.64. The highest BCUT2D eigenvalue weighted by Gasteiger charge is 2.17. The number of hydrazone groups is 1. The maximum absolute atomic E-state index is 12.1. The molecule has 0 radical (unpaired) electrons. The predicted octanol–water partition coefficient (Wildman–Crippen LogP) is 2.61. The molecule has 1 N–H and O–H groups in total. The Morgan fingerprint density at radius 1 is 1.28 bits per heavy atom. The largest absolute Gasteiger partial charge is 0.339 e. The molecule has 0 unspecified atom stereocenters. The van der Waals surface area contributed by atoms with Gasteiger partial charge in [-0.15, -0.1) is 0 Å². The first-order chi connectivity index (χ1) is 8.52. The van der Waals surface area contributed by atoms with Crippen molar-refractivity contribution in [3.63, 3.8) is 0 Å². The molecule has 0 saturated heterocycles. The zero-order chi connectivity index (χ0) is 13.3. The average Bonchev–Trinajstić information content (AvgIpc) is 2.60. The van der Waals surface area contributed by atoms with Gasteiger partial charge in [-0.05, 0) is 32.4 Å². The van der Waals surface area contributed by atoms with Crippen molar-refractivity contribution in [1.82, 2.24) is 9.99 Å². The van der Waals surface area contributed by atoms with Gasteiger partial charge in [-0.25, -0.2) is 5.43 Å². The van der Waals surface area contributed by atoms with Gasteiger partial charge in [0.25, 0.3) is 5.91 Å². The van der Waals surface area contributed by atoms with E-state index >= 15 is 0 Å². The maximum Gasteiger partial charge on any atom is 0.288 e. The molecule has 4 nitrogen and oxygen atoms in total. The molecule has 18 heavy (non-hydrogen) atoms. The standard InChI is InChI=1S/C14H17N3O/c1-9(2)15-16-14(18)13-10(3)11-7-5-6-8-12(11)17(13)4/h5-8H,1-4H3,(H,16,18). The van der Waals surface area contributed by atoms with Crippen LogP contribution < -0.4 is 5.43 Å². The molecule has 1 aromatic heterocycles. The lowest BCUT2D eigenvalue weighted by Gasteiger charge is -2.04. The Hall–Kier alpha value is -2.10. The fraction of sp³-hybridized carbons (Fsp3) is 0.286. The molecule has 0 spiro atoms. The summed E-state index contributed by atoms with van der Waals surface area (Å²) in [7, 11) is 1.90. The number of carbonyl (C=O) groups excluding carboxylic acids is 1. The highest BCUT2D eigenvalue weighted by molar-refractivity contribution is 6.01. The summed E-state index contributed by atoms with van der Waals surface area (Å²) >= 11 is 0. The Balaban J connectivity index is 2.51. The third kappa shape index (κ3) is 2.01. The Morgan fingerprint density at radius 3 is 2.56 bits per heavy atom. The van der Waals surface area contributed by atoms with Crippen LogP contribution in [0.2, 0.25) is 0 Å². The Labute approximate surface area is 106 Å². The topological polar surface area (TPSA) is 46.4 Å². The van der Waals surface area contributed by atoms with E-state index in [0.717, 1.165) is 22.2 Å². The van der Waals surface area contributed by atoms with Crippen molar-refractivity contribution in [2.45, 2.75) is 20.8 Å². The Bertz CT molecular complexity index is 595. The molecule has 1 aromatic carbocycles. The van der Waals surface area contributed by atoms with E-state index in [9.17, 15) is 4.79 Å². The van der Waals surface area contributed by atoms with Gasteiger partial charge in [0, 0.05) is 23.7 Å². The molecular formula is C14H17N3O. The third-order valence-corrected chi connectivity index (χ3v) is 2.96. The first-order valence-corrected chi connectivity index (χ1v) is 5.87. The fourth-order valence-corrected chi connectivity index (χ4v) is 2.12. The van der Waals surface area contributed by atoms with Gasteiger partial charge in [0.1, 0.15) is 5.69 Å². The van der Waals surface area contributed by atoms with Crippen LogP contribution in [0.25, 0.3) is 10.9 Å². The van der Waals surface area contributed by atoms with E-state index in [4.69, 9.17) is 0 Å². The van der Waals surface area contributed by atoms with Crippen LogP contribution in [0.5, 0.6) is 0 Å². The van der Waals surface area contributed by atoms with Gasteiger partial charge in [-0.2, -0.15) is 5.10 Å². The normalized spacial score (nSPS) is 10.4. The lowest BCUT2D eigenvalue weighted by molar-refractivity contribution is 0.0946. The average molecular weight is 243 g/mol. The van der Waals surface area contributed by atoms with Crippen LogP contribution in [0.1, 0.15) is 29.9 Å². The van der Waals surface area contributed by atoms with Crippen LogP contribution in [-0.4, -0.2) is 16.2 Å². The highest BCUT2D eigenvalue weighted by Crippen LogP contribution is 2.24. The molecule has 0 bridgehead atoms. The lowest BCUT2D eigenvalue weighted by atomic mass is 10.1. The van der Waals surface area contributed by atoms with Gasteiger partial charge < -0.3 is 4.57 Å². The molecule has 0 fully saturated rings. The van der Waals surface area contributed by atoms with Crippen LogP contribution in [0.15, 0.2) is 29.4 Å². The fourth-order valence-electron chi connectivity index (χ4n) is 2.12. The van der Waals surface area contributed by atoms with Crippen LogP contribution in [0, 0.1) is 6.92 Å². The number of carbonyl (C=O) groups is 1. The smallest absolute Gasteiger partial charge is 0.288 e. The molecule has 0 atom stereocenters. The first-order valence-electron chi connectivity index (χ1n) is 5.87. The predicted molar refractivity (Wildman–Crippen MR) is 73.9 cm³/mol. The van der Waals surface area contributed by atoms with Crippen LogP contribution in [0.4, 0.5) is 0 Å². The van der Waals surface area contributed by atoms with Crippen molar-refractivity contribution >= 4 is 22.5 Å². The van der Waals surface area contributed by atoms with Crippen molar-refractivity contribution in [3.8, 4) is 0 Å². The number of aromatic nitrogens is 1. The van der Waals surface area contributed by atoms with E-state index in [1.807, 2.05) is 56.7 Å². The number of aryl methyl sites for hydroxylation is 2. The number of fused-ring (bicyclic) bond motifs is 1. The molecule has 4 heteroatoms. The van der Waals surface area contributed by atoms with E-state index in [0.29, 0.717) is 5.69 Å². The zero-order valence-corrected chi connectivity index (χ0v) is 11.1. The summed E-state index contributed by atoms with van der Waals surface area (Å²) in [5.41, 5.74) is 6.08. The van der Waals surface area contributed by atoms with Crippen molar-refractivity contribution in [2.75, 3.05) is 0 Å². The molecule has 0 aliphatic rings. The minimum Gasteiger partial charge on any atom is -0.339 e. The van der Waals surface area contributed by atoms with Crippen LogP contribution in [0.3, 0.4) is 0 Å². The zero-order valence-electron chi connectivity index (χ0n) is 11.1. The van der Waals surface area contributed by atoms with E-state index in [1.54, 1.807) is 0 Å². The Kier molecular flexibility index (Phi) is 3.19. The second-order valence-electron chi connectivity index (χ2n) is 4.55. The maximum atomic E-state index is 12.1. The summed E-state index contributed by atoms with van der Waals surface area (Å²) in [4.78, 5) is 12.1. The summed E-state index contributed by atoms with van der Waals surface area (Å²) in [6.07, 6.45) is 0. The second-order valence-corrected chi connectivity index (χ2v) is 4.55. The number of amides is 1. The van der Waals surface area contributed by atoms with Gasteiger partial charge in [0.05, 0.1) is 0 Å². The number of hydrogen-bond acceptors (Lipinski definition) is 2. The van der Waals surface area contributed by atoms with Gasteiger partial charge in [-0.1, -0.05) is 18.2 Å². The number of hydrogen-bond donors (Lipinski definition) is 1. The summed E-state index contributed by atoms with van der Waals surface area (Å²) in [5, 5.41) is 5.06. The summed E-state index contributed by atoms with van der Waals surface area (Å²) < 4.78 is 1.90. The summed E-state index contributed by atoms with van der Waals surface area (Å²) in [6, 6.07) is 7.98. The molecule has 2 aromatic rings. The van der Waals surface area contributed by atoms with Crippen molar-refractivity contribution < 1.29 is 4.79 Å². The SMILES string of the molecule is CC(C)=NNC(=O)c1c(C)c2ccccc2n1C. The molecule has 1 amide bonds. The monoisotopic (exact) mass is 243 g/mol. The highest BCUT2D eigenvalue weighted by atomic mass is 16.2. The van der Waals surface area contributed by atoms with Crippen molar-refractivity contribution in [3.05, 3.63) is 35.5 Å². The minimum absolute atomic E-state index is 0.174. The number of para-hydroxylation sites is 1. The van der Waals surface area contributed by atoms with E-state index in [-0.39, 0.29) is 5.91 Å². The molecule has 94 valence electrons. The minimum atomic E-state index is -0.174. The number of nitrogens with one attached hydrogen (secondary N) is 1. The Morgan fingerprint density at radius 2 is 1.94 bits per heavy atom. The van der Waals surface area contributed by atoms with Gasteiger partial charge in [0.2, 0.25) is 0 Å². The number of nitrogens with zero attached hydrogens (tertiary/aromatic N) is 2. The first kappa shape index (κ1) is 12.4. The van der Waals surface area contributed by atoms with E-state index in [1.165, 1.54) is 0 Å². The quantitative estimate of drug-likeness (QED) is 0.639. The van der Waals surface area contributed by atoms with E-state index < -0.39 is 0 Å². The van der Waals surface area contributed by atoms with Crippen LogP contribution in [-0.2, 0) is 7.05 Å². The molecule has 2 rings (SSSR count). The van der Waals surface area contributed by atoms with Crippen LogP contribution >= 0.6 is 0 Å². The third-order valence-electron chi connectivity index (χ3n) is 2.96. The molecule has 0 saturated carbocycles. The van der Waals surface area contributed by atoms with Crippen molar-refractivity contribution in [2.24, 2.45) is 12.1 Å². The van der Waals surface area contributed by atoms with Gasteiger partial charge in [-0.3, -0.25) is 4.79 Å². The lowest BCUT2D eigenvalue weighted by Crippen LogP contribution is -2.22. The number of benzene rings is 1. The van der Waals surface area contributed by atoms with E-state index in [2.05, 4.69) is 10.5 Å². The van der Waals surface area contributed by atoms with Crippen molar-refractivity contribution in [1.29, 1.82) is 0 Å².